The fourth-order valence-corrected chi connectivity index (χ4v) is 4.27. The van der Waals surface area contributed by atoms with Crippen LogP contribution in [0.25, 0.3) is 0 Å². The van der Waals surface area contributed by atoms with Gasteiger partial charge in [-0.05, 0) is 51.5 Å². The van der Waals surface area contributed by atoms with E-state index in [9.17, 15) is 32.5 Å². The molecule has 11 nitrogen and oxygen atoms in total. The van der Waals surface area contributed by atoms with Gasteiger partial charge in [-0.15, -0.1) is 0 Å². The van der Waals surface area contributed by atoms with Crippen LogP contribution in [-0.4, -0.2) is 61.5 Å². The zero-order valence-electron chi connectivity index (χ0n) is 21.5. The fraction of sp³-hybridized carbons (Fsp3) is 0.417. The maximum atomic E-state index is 13.6. The topological polar surface area (TPSA) is 139 Å². The molecule has 2 amide bonds. The second-order valence-corrected chi connectivity index (χ2v) is 11.4. The van der Waals surface area contributed by atoms with Gasteiger partial charge in [-0.1, -0.05) is 12.1 Å². The lowest BCUT2D eigenvalue weighted by molar-refractivity contribution is -0.384. The van der Waals surface area contributed by atoms with Crippen LogP contribution in [0.1, 0.15) is 33.3 Å². The molecule has 13 heteroatoms. The summed E-state index contributed by atoms with van der Waals surface area (Å²) >= 11 is 0. The van der Waals surface area contributed by atoms with Gasteiger partial charge in [0.2, 0.25) is 21.8 Å². The SMILES string of the molecule is COc1ccc([N+](=O)[O-])cc1N(CC(=O)N(Cc1ccc(F)cc1)C(C)C(=O)NC(C)(C)C)S(C)(=O)=O. The normalized spacial score (nSPS) is 12.4. The number of hydrogen-bond acceptors (Lipinski definition) is 7. The number of nitro groups is 1. The Bertz CT molecular complexity index is 1260. The molecule has 37 heavy (non-hydrogen) atoms. The smallest absolute Gasteiger partial charge is 0.271 e. The standard InChI is InChI=1S/C24H31FN4O7S/c1-16(23(31)26-24(2,3)4)27(14-17-7-9-18(25)10-8-17)22(30)15-28(37(6,34)35)20-13-19(29(32)33)11-12-21(20)36-5/h7-13,16H,14-15H2,1-6H3,(H,26,31). The highest BCUT2D eigenvalue weighted by Gasteiger charge is 2.33. The van der Waals surface area contributed by atoms with E-state index in [4.69, 9.17) is 4.74 Å². The number of amides is 2. The van der Waals surface area contributed by atoms with Crippen LogP contribution in [0.3, 0.4) is 0 Å². The summed E-state index contributed by atoms with van der Waals surface area (Å²) in [4.78, 5) is 38.3. The summed E-state index contributed by atoms with van der Waals surface area (Å²) < 4.78 is 44.8. The number of anilines is 1. The first-order valence-electron chi connectivity index (χ1n) is 11.2. The highest BCUT2D eigenvalue weighted by Crippen LogP contribution is 2.34. The van der Waals surface area contributed by atoms with Crippen molar-refractivity contribution in [2.75, 3.05) is 24.2 Å². The molecule has 0 aromatic heterocycles. The van der Waals surface area contributed by atoms with Gasteiger partial charge in [0.05, 0.1) is 18.3 Å². The van der Waals surface area contributed by atoms with Crippen LogP contribution in [0.15, 0.2) is 42.5 Å². The number of benzene rings is 2. The number of nitro benzene ring substituents is 1. The Labute approximate surface area is 215 Å². The minimum absolute atomic E-state index is 0.00701. The van der Waals surface area contributed by atoms with E-state index in [1.54, 1.807) is 20.8 Å². The molecule has 0 radical (unpaired) electrons. The van der Waals surface area contributed by atoms with E-state index in [1.165, 1.54) is 44.4 Å². The predicted molar refractivity (Wildman–Crippen MR) is 136 cm³/mol. The van der Waals surface area contributed by atoms with E-state index in [1.807, 2.05) is 0 Å². The van der Waals surface area contributed by atoms with Crippen LogP contribution in [0.5, 0.6) is 5.75 Å². The number of hydrogen-bond donors (Lipinski definition) is 1. The monoisotopic (exact) mass is 538 g/mol. The maximum Gasteiger partial charge on any atom is 0.271 e. The Morgan fingerprint density at radius 2 is 1.76 bits per heavy atom. The predicted octanol–water partition coefficient (Wildman–Crippen LogP) is 2.84. The first-order chi connectivity index (χ1) is 17.0. The first kappa shape index (κ1) is 29.5. The van der Waals surface area contributed by atoms with Crippen molar-refractivity contribution in [1.29, 1.82) is 0 Å². The molecule has 0 aliphatic rings. The largest absolute Gasteiger partial charge is 0.495 e. The van der Waals surface area contributed by atoms with Gasteiger partial charge in [0.15, 0.2) is 0 Å². The molecule has 2 rings (SSSR count). The average Bonchev–Trinajstić information content (AvgIpc) is 2.79. The van der Waals surface area contributed by atoms with Crippen molar-refractivity contribution in [1.82, 2.24) is 10.2 Å². The lowest BCUT2D eigenvalue weighted by Gasteiger charge is -2.33. The van der Waals surface area contributed by atoms with Crippen molar-refractivity contribution < 1.29 is 32.1 Å². The van der Waals surface area contributed by atoms with E-state index in [0.717, 1.165) is 23.3 Å². The molecule has 1 atom stereocenters. The van der Waals surface area contributed by atoms with Gasteiger partial charge < -0.3 is 15.0 Å². The molecule has 0 saturated carbocycles. The molecule has 0 fully saturated rings. The van der Waals surface area contributed by atoms with Gasteiger partial charge in [0.1, 0.15) is 29.8 Å². The van der Waals surface area contributed by atoms with Crippen molar-refractivity contribution in [2.24, 2.45) is 0 Å². The molecular formula is C24H31FN4O7S. The van der Waals surface area contributed by atoms with Crippen molar-refractivity contribution in [3.63, 3.8) is 0 Å². The number of rotatable bonds is 10. The van der Waals surface area contributed by atoms with Gasteiger partial charge in [-0.25, -0.2) is 12.8 Å². The third kappa shape index (κ3) is 8.13. The number of nitrogens with zero attached hydrogens (tertiary/aromatic N) is 3. The van der Waals surface area contributed by atoms with E-state index in [-0.39, 0.29) is 18.0 Å². The molecule has 0 heterocycles. The van der Waals surface area contributed by atoms with Crippen molar-refractivity contribution in [2.45, 2.75) is 45.8 Å². The molecule has 202 valence electrons. The summed E-state index contributed by atoms with van der Waals surface area (Å²) in [7, 11) is -2.89. The summed E-state index contributed by atoms with van der Waals surface area (Å²) in [5.41, 5.74) is -0.714. The summed E-state index contributed by atoms with van der Waals surface area (Å²) in [6, 6.07) is 7.63. The molecule has 2 aromatic rings. The summed E-state index contributed by atoms with van der Waals surface area (Å²) in [5.74, 6) is -1.74. The Morgan fingerprint density at radius 3 is 2.24 bits per heavy atom. The summed E-state index contributed by atoms with van der Waals surface area (Å²) in [6.07, 6.45) is 0.846. The maximum absolute atomic E-state index is 13.6. The number of non-ortho nitro benzene ring substituents is 1. The van der Waals surface area contributed by atoms with E-state index >= 15 is 0 Å². The van der Waals surface area contributed by atoms with Crippen molar-refractivity contribution in [3.05, 3.63) is 64.0 Å². The zero-order valence-corrected chi connectivity index (χ0v) is 22.3. The number of carbonyl (C=O) groups excluding carboxylic acids is 2. The minimum atomic E-state index is -4.14. The molecule has 0 spiro atoms. The number of carbonyl (C=O) groups is 2. The van der Waals surface area contributed by atoms with Crippen LogP contribution in [0, 0.1) is 15.9 Å². The van der Waals surface area contributed by atoms with Crippen LogP contribution in [0.4, 0.5) is 15.8 Å². The zero-order chi connectivity index (χ0) is 28.1. The second kappa shape index (κ2) is 11.5. The average molecular weight is 539 g/mol. The Balaban J connectivity index is 2.52. The van der Waals surface area contributed by atoms with Crippen molar-refractivity contribution in [3.8, 4) is 5.75 Å². The van der Waals surface area contributed by atoms with E-state index < -0.39 is 56.4 Å². The second-order valence-electron chi connectivity index (χ2n) is 9.45. The quantitative estimate of drug-likeness (QED) is 0.362. The minimum Gasteiger partial charge on any atom is -0.495 e. The summed E-state index contributed by atoms with van der Waals surface area (Å²) in [5, 5.41) is 14.1. The number of nitrogens with one attached hydrogen (secondary N) is 1. The van der Waals surface area contributed by atoms with Gasteiger partial charge in [0, 0.05) is 24.2 Å². The molecule has 2 aromatic carbocycles. The van der Waals surface area contributed by atoms with Gasteiger partial charge in [-0.2, -0.15) is 0 Å². The lowest BCUT2D eigenvalue weighted by atomic mass is 10.1. The van der Waals surface area contributed by atoms with Crippen LogP contribution >= 0.6 is 0 Å². The van der Waals surface area contributed by atoms with Crippen LogP contribution in [0.2, 0.25) is 0 Å². The number of methoxy groups -OCH3 is 1. The summed E-state index contributed by atoms with van der Waals surface area (Å²) in [6.45, 7) is 5.89. The highest BCUT2D eigenvalue weighted by atomic mass is 32.2. The van der Waals surface area contributed by atoms with Crippen LogP contribution in [-0.2, 0) is 26.2 Å². The third-order valence-corrected chi connectivity index (χ3v) is 6.38. The highest BCUT2D eigenvalue weighted by molar-refractivity contribution is 7.92. The first-order valence-corrected chi connectivity index (χ1v) is 13.0. The van der Waals surface area contributed by atoms with Gasteiger partial charge in [-0.3, -0.25) is 24.0 Å². The number of ether oxygens (including phenoxy) is 1. The lowest BCUT2D eigenvalue weighted by Crippen LogP contribution is -2.54. The van der Waals surface area contributed by atoms with Gasteiger partial charge >= 0.3 is 0 Å². The molecule has 0 bridgehead atoms. The Hall–Kier alpha value is -3.74. The molecule has 1 N–H and O–H groups in total. The van der Waals surface area contributed by atoms with E-state index in [0.29, 0.717) is 9.87 Å². The Morgan fingerprint density at radius 1 is 1.16 bits per heavy atom. The van der Waals surface area contributed by atoms with Crippen LogP contribution < -0.4 is 14.4 Å². The van der Waals surface area contributed by atoms with Crippen molar-refractivity contribution >= 4 is 33.2 Å². The number of sulfonamides is 1. The molecule has 0 aliphatic carbocycles. The molecule has 1 unspecified atom stereocenters. The molecule has 0 aliphatic heterocycles. The van der Waals surface area contributed by atoms with Gasteiger partial charge in [0.25, 0.3) is 5.69 Å². The third-order valence-electron chi connectivity index (χ3n) is 5.25. The molecular weight excluding hydrogens is 507 g/mol. The number of halogens is 1. The molecule has 0 saturated heterocycles. The van der Waals surface area contributed by atoms with E-state index in [2.05, 4.69) is 5.32 Å². The fourth-order valence-electron chi connectivity index (χ4n) is 3.42. The Kier molecular flexibility index (Phi) is 9.20.